The van der Waals surface area contributed by atoms with Crippen LogP contribution in [0.1, 0.15) is 41.4 Å². The number of benzene rings is 1. The minimum absolute atomic E-state index is 0.00387. The van der Waals surface area contributed by atoms with Gasteiger partial charge in [-0.15, -0.1) is 0 Å². The van der Waals surface area contributed by atoms with E-state index >= 15 is 0 Å². The normalized spacial score (nSPS) is 12.0. The molecule has 2 heterocycles. The summed E-state index contributed by atoms with van der Waals surface area (Å²) >= 11 is 0. The van der Waals surface area contributed by atoms with Crippen LogP contribution in [0.3, 0.4) is 0 Å². The van der Waals surface area contributed by atoms with Gasteiger partial charge in [-0.2, -0.15) is 13.2 Å². The van der Waals surface area contributed by atoms with E-state index in [2.05, 4.69) is 15.6 Å². The molecule has 3 rings (SSSR count). The zero-order chi connectivity index (χ0) is 25.9. The Kier molecular flexibility index (Phi) is 6.99. The van der Waals surface area contributed by atoms with Crippen LogP contribution in [0.25, 0.3) is 5.69 Å². The van der Waals surface area contributed by atoms with Crippen LogP contribution in [0.4, 0.5) is 24.7 Å². The third-order valence-corrected chi connectivity index (χ3v) is 4.82. The summed E-state index contributed by atoms with van der Waals surface area (Å²) in [5.41, 5.74) is -2.31. The van der Waals surface area contributed by atoms with Gasteiger partial charge in [-0.3, -0.25) is 29.1 Å². The molecule has 1 unspecified atom stereocenters. The van der Waals surface area contributed by atoms with Gasteiger partial charge in [0.1, 0.15) is 5.82 Å². The maximum absolute atomic E-state index is 13.2. The van der Waals surface area contributed by atoms with Gasteiger partial charge in [-0.05, 0) is 30.7 Å². The van der Waals surface area contributed by atoms with E-state index < -0.39 is 39.9 Å². The largest absolute Gasteiger partial charge is 0.416 e. The van der Waals surface area contributed by atoms with Gasteiger partial charge >= 0.3 is 6.18 Å². The van der Waals surface area contributed by atoms with Crippen molar-refractivity contribution < 1.29 is 27.7 Å². The monoisotopic (exact) mass is 489 g/mol. The Labute approximate surface area is 195 Å². The first-order valence-electron chi connectivity index (χ1n) is 9.99. The highest BCUT2D eigenvalue weighted by Gasteiger charge is 2.33. The molecule has 35 heavy (non-hydrogen) atoms. The lowest BCUT2D eigenvalue weighted by Gasteiger charge is -2.17. The highest BCUT2D eigenvalue weighted by Crippen LogP contribution is 2.34. The predicted molar refractivity (Wildman–Crippen MR) is 118 cm³/mol. The van der Waals surface area contributed by atoms with E-state index in [-0.39, 0.29) is 22.9 Å². The van der Waals surface area contributed by atoms with Crippen molar-refractivity contribution in [3.8, 4) is 5.69 Å². The molecule has 2 N–H and O–H groups in total. The number of pyridine rings is 2. The van der Waals surface area contributed by atoms with Gasteiger partial charge in [0, 0.05) is 43.6 Å². The Hall–Kier alpha value is -4.55. The van der Waals surface area contributed by atoms with E-state index in [9.17, 15) is 37.7 Å². The van der Waals surface area contributed by atoms with Gasteiger partial charge in [-0.1, -0.05) is 0 Å². The zero-order valence-corrected chi connectivity index (χ0v) is 18.3. The minimum atomic E-state index is -4.82. The molecule has 1 aromatic carbocycles. The van der Waals surface area contributed by atoms with Crippen LogP contribution in [0.2, 0.25) is 0 Å². The van der Waals surface area contributed by atoms with Gasteiger partial charge in [-0.25, -0.2) is 4.98 Å². The van der Waals surface area contributed by atoms with E-state index in [1.807, 2.05) is 0 Å². The summed E-state index contributed by atoms with van der Waals surface area (Å²) < 4.78 is 40.6. The maximum Gasteiger partial charge on any atom is 0.416 e. The molecule has 0 aliphatic carbocycles. The summed E-state index contributed by atoms with van der Waals surface area (Å²) in [5.74, 6) is -0.932. The highest BCUT2D eigenvalue weighted by molar-refractivity contribution is 5.94. The van der Waals surface area contributed by atoms with Crippen molar-refractivity contribution in [3.05, 3.63) is 92.0 Å². The van der Waals surface area contributed by atoms with E-state index in [0.717, 1.165) is 22.8 Å². The third-order valence-electron chi connectivity index (χ3n) is 4.82. The zero-order valence-electron chi connectivity index (χ0n) is 18.3. The van der Waals surface area contributed by atoms with Crippen molar-refractivity contribution in [2.75, 3.05) is 5.32 Å². The van der Waals surface area contributed by atoms with Gasteiger partial charge in [0.25, 0.3) is 17.2 Å². The fraction of sp³-hybridized carbons (Fsp3) is 0.182. The number of nitro benzene ring substituents is 1. The molecule has 0 aliphatic heterocycles. The standard InChI is InChI=1S/C22H18F3N5O5/c1-12(15-7-16(22(23,24)25)9-18(8-15)30(34)35)27-21(33)14-3-4-20(32)29(11-14)17-5-6-26-19(10-17)28-13(2)31/h3-12H,1-2H3,(H,27,33)(H,26,28,31). The lowest BCUT2D eigenvalue weighted by atomic mass is 10.0. The molecule has 0 fully saturated rings. The van der Waals surface area contributed by atoms with E-state index in [0.29, 0.717) is 11.8 Å². The second-order valence-corrected chi connectivity index (χ2v) is 7.47. The second kappa shape index (κ2) is 9.75. The molecule has 1 atom stereocenters. The number of nitrogens with zero attached hydrogens (tertiary/aromatic N) is 3. The van der Waals surface area contributed by atoms with Crippen LogP contribution >= 0.6 is 0 Å². The molecule has 0 aliphatic rings. The van der Waals surface area contributed by atoms with Crippen LogP contribution in [0.5, 0.6) is 0 Å². The molecule has 13 heteroatoms. The smallest absolute Gasteiger partial charge is 0.345 e. The number of alkyl halides is 3. The fourth-order valence-electron chi connectivity index (χ4n) is 3.16. The van der Waals surface area contributed by atoms with E-state index in [1.54, 1.807) is 0 Å². The summed E-state index contributed by atoms with van der Waals surface area (Å²) in [5, 5.41) is 16.0. The van der Waals surface area contributed by atoms with Crippen molar-refractivity contribution in [2.45, 2.75) is 26.1 Å². The molecule has 2 amide bonds. The lowest BCUT2D eigenvalue weighted by Crippen LogP contribution is -2.28. The highest BCUT2D eigenvalue weighted by atomic mass is 19.4. The number of non-ortho nitro benzene ring substituents is 1. The van der Waals surface area contributed by atoms with Gasteiger partial charge < -0.3 is 10.6 Å². The van der Waals surface area contributed by atoms with Gasteiger partial charge in [0.2, 0.25) is 5.91 Å². The Morgan fingerprint density at radius 2 is 1.86 bits per heavy atom. The van der Waals surface area contributed by atoms with Crippen LogP contribution < -0.4 is 16.2 Å². The number of anilines is 1. The number of carbonyl (C=O) groups is 2. The Balaban J connectivity index is 1.90. The molecule has 0 saturated heterocycles. The minimum Gasteiger partial charge on any atom is -0.345 e. The van der Waals surface area contributed by atoms with Crippen molar-refractivity contribution in [3.63, 3.8) is 0 Å². The maximum atomic E-state index is 13.2. The first kappa shape index (κ1) is 25.1. The molecule has 2 aromatic heterocycles. The quantitative estimate of drug-likeness (QED) is 0.401. The summed E-state index contributed by atoms with van der Waals surface area (Å²) in [6.07, 6.45) is -2.26. The number of halogens is 3. The average molecular weight is 489 g/mol. The molecule has 0 saturated carbocycles. The van der Waals surface area contributed by atoms with Crippen LogP contribution in [-0.4, -0.2) is 26.3 Å². The Bertz CT molecular complexity index is 1370. The summed E-state index contributed by atoms with van der Waals surface area (Å²) in [6.45, 7) is 2.65. The van der Waals surface area contributed by atoms with Crippen LogP contribution in [0, 0.1) is 10.1 Å². The van der Waals surface area contributed by atoms with Crippen LogP contribution in [0.15, 0.2) is 59.7 Å². The van der Waals surface area contributed by atoms with Crippen molar-refractivity contribution in [1.29, 1.82) is 0 Å². The second-order valence-electron chi connectivity index (χ2n) is 7.47. The Morgan fingerprint density at radius 1 is 1.14 bits per heavy atom. The van der Waals surface area contributed by atoms with E-state index in [1.165, 1.54) is 44.4 Å². The van der Waals surface area contributed by atoms with Crippen molar-refractivity contribution >= 4 is 23.3 Å². The summed E-state index contributed by atoms with van der Waals surface area (Å²) in [7, 11) is 0. The van der Waals surface area contributed by atoms with Gasteiger partial charge in [0.15, 0.2) is 0 Å². The average Bonchev–Trinajstić information content (AvgIpc) is 2.78. The number of nitro groups is 1. The number of hydrogen-bond acceptors (Lipinski definition) is 6. The number of hydrogen-bond donors (Lipinski definition) is 2. The number of amides is 2. The number of rotatable bonds is 6. The number of carbonyl (C=O) groups excluding carboxylic acids is 2. The number of aromatic nitrogens is 2. The summed E-state index contributed by atoms with van der Waals surface area (Å²) in [6, 6.07) is 6.28. The van der Waals surface area contributed by atoms with Crippen molar-refractivity contribution in [1.82, 2.24) is 14.9 Å². The molecule has 10 nitrogen and oxygen atoms in total. The predicted octanol–water partition coefficient (Wildman–Crippen LogP) is 3.61. The van der Waals surface area contributed by atoms with Gasteiger partial charge in [0.05, 0.1) is 27.8 Å². The first-order valence-corrected chi connectivity index (χ1v) is 9.99. The fourth-order valence-corrected chi connectivity index (χ4v) is 3.16. The van der Waals surface area contributed by atoms with Crippen molar-refractivity contribution in [2.24, 2.45) is 0 Å². The molecule has 0 spiro atoms. The van der Waals surface area contributed by atoms with E-state index in [4.69, 9.17) is 0 Å². The molecule has 0 bridgehead atoms. The molecular formula is C22H18F3N5O5. The lowest BCUT2D eigenvalue weighted by molar-refractivity contribution is -0.385. The SMILES string of the molecule is CC(=O)Nc1cc(-n2cc(C(=O)NC(C)c3cc([N+](=O)[O-])cc(C(F)(F)F)c3)ccc2=O)ccn1. The molecular weight excluding hydrogens is 471 g/mol. The number of nitrogens with one attached hydrogen (secondary N) is 2. The first-order chi connectivity index (χ1) is 16.3. The summed E-state index contributed by atoms with van der Waals surface area (Å²) in [4.78, 5) is 50.5. The molecule has 182 valence electrons. The molecule has 3 aromatic rings. The third kappa shape index (κ3) is 6.07. The molecule has 0 radical (unpaired) electrons. The van der Waals surface area contributed by atoms with Crippen LogP contribution in [-0.2, 0) is 11.0 Å². The Morgan fingerprint density at radius 3 is 2.49 bits per heavy atom. The topological polar surface area (TPSA) is 136 Å².